The number of nitroso groups, excluding NO2 is 1. The zero-order valence-electron chi connectivity index (χ0n) is 14.0. The van der Waals surface area contributed by atoms with Crippen LogP contribution in [-0.2, 0) is 6.54 Å². The van der Waals surface area contributed by atoms with Crippen molar-refractivity contribution in [3.8, 4) is 11.6 Å². The third kappa shape index (κ3) is 2.73. The summed E-state index contributed by atoms with van der Waals surface area (Å²) in [5, 5.41) is 14.2. The summed E-state index contributed by atoms with van der Waals surface area (Å²) in [6.07, 6.45) is 0. The molecule has 1 aromatic heterocycles. The minimum Gasteiger partial charge on any atom is -0.493 e. The predicted octanol–water partition coefficient (Wildman–Crippen LogP) is 4.75. The second-order valence-corrected chi connectivity index (χ2v) is 6.00. The summed E-state index contributed by atoms with van der Waals surface area (Å²) in [5.74, 6) is 0.679. The van der Waals surface area contributed by atoms with Crippen LogP contribution in [-0.4, -0.2) is 16.3 Å². The number of nitrogens with zero attached hydrogens (tertiary/aromatic N) is 2. The highest BCUT2D eigenvalue weighted by molar-refractivity contribution is 5.99. The molecule has 5 heteroatoms. The molecule has 0 unspecified atom stereocenters. The quantitative estimate of drug-likeness (QED) is 0.689. The van der Waals surface area contributed by atoms with Gasteiger partial charge in [0.05, 0.1) is 12.1 Å². The van der Waals surface area contributed by atoms with E-state index < -0.39 is 0 Å². The summed E-state index contributed by atoms with van der Waals surface area (Å²) in [6.45, 7) is 6.67. The molecule has 0 saturated heterocycles. The van der Waals surface area contributed by atoms with Crippen LogP contribution in [0.1, 0.15) is 16.7 Å². The normalized spacial score (nSPS) is 11.0. The molecule has 0 amide bonds. The summed E-state index contributed by atoms with van der Waals surface area (Å²) in [5.41, 5.74) is 3.95. The molecular formula is C19H20N2O3. The van der Waals surface area contributed by atoms with Gasteiger partial charge in [0.25, 0.3) is 0 Å². The Labute approximate surface area is 140 Å². The fraction of sp³-hybridized carbons (Fsp3) is 0.263. The standard InChI is InChI=1S/C19H20N2O3/c1-12-5-4-6-15(11-12)24-10-9-21-18-14(3)8-7-13(2)16(18)17(20-23)19(21)22/h4-8,11,22H,9-10H2,1-3H3. The number of fused-ring (bicyclic) bond motifs is 1. The minimum atomic E-state index is -0.106. The number of aromatic nitrogens is 1. The van der Waals surface area contributed by atoms with Crippen molar-refractivity contribution in [2.75, 3.05) is 6.61 Å². The smallest absolute Gasteiger partial charge is 0.222 e. The van der Waals surface area contributed by atoms with E-state index in [1.54, 1.807) is 4.57 Å². The van der Waals surface area contributed by atoms with Crippen molar-refractivity contribution in [1.82, 2.24) is 4.57 Å². The van der Waals surface area contributed by atoms with E-state index in [4.69, 9.17) is 4.74 Å². The maximum Gasteiger partial charge on any atom is 0.222 e. The first-order valence-electron chi connectivity index (χ1n) is 7.87. The Morgan fingerprint density at radius 3 is 2.58 bits per heavy atom. The molecule has 0 aliphatic rings. The third-order valence-electron chi connectivity index (χ3n) is 4.23. The Bertz CT molecular complexity index is 913. The maximum atomic E-state index is 11.2. The fourth-order valence-corrected chi connectivity index (χ4v) is 3.05. The number of hydrogen-bond donors (Lipinski definition) is 1. The molecule has 5 nitrogen and oxygen atoms in total. The fourth-order valence-electron chi connectivity index (χ4n) is 3.05. The van der Waals surface area contributed by atoms with Crippen molar-refractivity contribution in [2.45, 2.75) is 27.3 Å². The molecule has 2 aromatic carbocycles. The van der Waals surface area contributed by atoms with Gasteiger partial charge in [-0.1, -0.05) is 24.3 Å². The van der Waals surface area contributed by atoms with E-state index in [0.717, 1.165) is 28.0 Å². The van der Waals surface area contributed by atoms with Gasteiger partial charge >= 0.3 is 0 Å². The van der Waals surface area contributed by atoms with E-state index in [2.05, 4.69) is 5.18 Å². The van der Waals surface area contributed by atoms with Crippen molar-refractivity contribution in [1.29, 1.82) is 0 Å². The predicted molar refractivity (Wildman–Crippen MR) is 95.2 cm³/mol. The summed E-state index contributed by atoms with van der Waals surface area (Å²) < 4.78 is 7.47. The lowest BCUT2D eigenvalue weighted by atomic mass is 10.1. The maximum absolute atomic E-state index is 11.2. The molecule has 3 aromatic rings. The molecule has 0 saturated carbocycles. The molecule has 1 N–H and O–H groups in total. The van der Waals surface area contributed by atoms with Crippen molar-refractivity contribution < 1.29 is 9.84 Å². The molecule has 0 aliphatic carbocycles. The number of aromatic hydroxyl groups is 1. The lowest BCUT2D eigenvalue weighted by molar-refractivity contribution is 0.290. The van der Waals surface area contributed by atoms with Crippen molar-refractivity contribution >= 4 is 16.6 Å². The highest BCUT2D eigenvalue weighted by Crippen LogP contribution is 2.41. The number of rotatable bonds is 5. The van der Waals surface area contributed by atoms with E-state index in [-0.39, 0.29) is 11.6 Å². The van der Waals surface area contributed by atoms with Crippen molar-refractivity contribution in [3.63, 3.8) is 0 Å². The summed E-state index contributed by atoms with van der Waals surface area (Å²) in [4.78, 5) is 11.2. The van der Waals surface area contributed by atoms with Crippen molar-refractivity contribution in [3.05, 3.63) is 58.0 Å². The van der Waals surface area contributed by atoms with Gasteiger partial charge in [-0.15, -0.1) is 4.91 Å². The number of aryl methyl sites for hydroxylation is 3. The van der Waals surface area contributed by atoms with E-state index >= 15 is 0 Å². The molecule has 24 heavy (non-hydrogen) atoms. The Kier molecular flexibility index (Phi) is 4.25. The highest BCUT2D eigenvalue weighted by Gasteiger charge is 2.20. The Morgan fingerprint density at radius 2 is 1.88 bits per heavy atom. The highest BCUT2D eigenvalue weighted by atomic mass is 16.5. The van der Waals surface area contributed by atoms with Crippen LogP contribution in [0, 0.1) is 25.7 Å². The van der Waals surface area contributed by atoms with Gasteiger partial charge < -0.3 is 14.4 Å². The first-order chi connectivity index (χ1) is 11.5. The zero-order chi connectivity index (χ0) is 17.3. The van der Waals surface area contributed by atoms with Gasteiger partial charge in [-0.3, -0.25) is 0 Å². The van der Waals surface area contributed by atoms with Crippen LogP contribution in [0.5, 0.6) is 11.6 Å². The topological polar surface area (TPSA) is 63.8 Å². The SMILES string of the molecule is Cc1cccc(OCCn2c(O)c(N=O)c3c(C)ccc(C)c32)c1. The molecule has 0 bridgehead atoms. The Hall–Kier alpha value is -2.82. The second kappa shape index (κ2) is 6.35. The molecule has 0 radical (unpaired) electrons. The molecule has 0 aliphatic heterocycles. The third-order valence-corrected chi connectivity index (χ3v) is 4.23. The first-order valence-corrected chi connectivity index (χ1v) is 7.87. The largest absolute Gasteiger partial charge is 0.493 e. The van der Waals surface area contributed by atoms with Gasteiger partial charge in [-0.25, -0.2) is 0 Å². The van der Waals surface area contributed by atoms with Gasteiger partial charge in [0.1, 0.15) is 12.4 Å². The molecular weight excluding hydrogens is 304 g/mol. The second-order valence-electron chi connectivity index (χ2n) is 6.00. The van der Waals surface area contributed by atoms with Crippen LogP contribution in [0.2, 0.25) is 0 Å². The molecule has 0 atom stereocenters. The average Bonchev–Trinajstić information content (AvgIpc) is 2.84. The molecule has 3 rings (SSSR count). The Morgan fingerprint density at radius 1 is 1.12 bits per heavy atom. The molecule has 1 heterocycles. The number of hydrogen-bond acceptors (Lipinski definition) is 4. The van der Waals surface area contributed by atoms with Crippen LogP contribution in [0.3, 0.4) is 0 Å². The number of benzene rings is 2. The zero-order valence-corrected chi connectivity index (χ0v) is 14.0. The van der Waals surface area contributed by atoms with Crippen LogP contribution in [0.25, 0.3) is 10.9 Å². The lowest BCUT2D eigenvalue weighted by Gasteiger charge is -2.11. The number of ether oxygens (including phenoxy) is 1. The van der Waals surface area contributed by atoms with Crippen LogP contribution in [0.4, 0.5) is 5.69 Å². The van der Waals surface area contributed by atoms with Crippen LogP contribution < -0.4 is 4.74 Å². The van der Waals surface area contributed by atoms with Gasteiger partial charge in [0.15, 0.2) is 5.69 Å². The van der Waals surface area contributed by atoms with Gasteiger partial charge in [-0.2, -0.15) is 0 Å². The van der Waals surface area contributed by atoms with E-state index in [0.29, 0.717) is 18.5 Å². The molecule has 0 fully saturated rings. The van der Waals surface area contributed by atoms with Gasteiger partial charge in [-0.05, 0) is 54.8 Å². The van der Waals surface area contributed by atoms with Gasteiger partial charge in [0, 0.05) is 5.39 Å². The monoisotopic (exact) mass is 324 g/mol. The lowest BCUT2D eigenvalue weighted by Crippen LogP contribution is -2.08. The minimum absolute atomic E-state index is 0.0988. The van der Waals surface area contributed by atoms with E-state index in [1.165, 1.54) is 0 Å². The average molecular weight is 324 g/mol. The summed E-state index contributed by atoms with van der Waals surface area (Å²) in [6, 6.07) is 11.7. The molecule has 0 spiro atoms. The van der Waals surface area contributed by atoms with Gasteiger partial charge in [0.2, 0.25) is 5.88 Å². The van der Waals surface area contributed by atoms with Crippen LogP contribution >= 0.6 is 0 Å². The van der Waals surface area contributed by atoms with E-state index in [1.807, 2.05) is 57.2 Å². The molecule has 124 valence electrons. The summed E-state index contributed by atoms with van der Waals surface area (Å²) in [7, 11) is 0. The first kappa shape index (κ1) is 16.1. The Balaban J connectivity index is 1.93. The van der Waals surface area contributed by atoms with Crippen molar-refractivity contribution in [2.24, 2.45) is 5.18 Å². The van der Waals surface area contributed by atoms with Crippen LogP contribution in [0.15, 0.2) is 41.6 Å². The summed E-state index contributed by atoms with van der Waals surface area (Å²) >= 11 is 0. The van der Waals surface area contributed by atoms with E-state index in [9.17, 15) is 10.0 Å².